The van der Waals surface area contributed by atoms with Gasteiger partial charge in [-0.05, 0) is 18.1 Å². The first kappa shape index (κ1) is 12.4. The summed E-state index contributed by atoms with van der Waals surface area (Å²) in [6, 6.07) is 6.83. The van der Waals surface area contributed by atoms with Gasteiger partial charge >= 0.3 is 5.97 Å². The number of carboxylic acids is 1. The molecule has 96 valence electrons. The molecule has 0 saturated carbocycles. The highest BCUT2D eigenvalue weighted by atomic mass is 16.4. The van der Waals surface area contributed by atoms with E-state index in [1.165, 1.54) is 0 Å². The predicted molar refractivity (Wildman–Crippen MR) is 67.4 cm³/mol. The minimum absolute atomic E-state index is 0.302. The molecular formula is C13H16N2O3. The van der Waals surface area contributed by atoms with Gasteiger partial charge in [0.15, 0.2) is 0 Å². The van der Waals surface area contributed by atoms with E-state index in [4.69, 9.17) is 5.73 Å². The molecular weight excluding hydrogens is 232 g/mol. The SMILES string of the molecule is CCC(C(N)=O)N1CC(C(=O)O)c2ccccc21. The Bertz CT molecular complexity index is 487. The van der Waals surface area contributed by atoms with Gasteiger partial charge in [0.25, 0.3) is 0 Å². The molecule has 1 heterocycles. The van der Waals surface area contributed by atoms with Crippen LogP contribution in [0.3, 0.4) is 0 Å². The molecule has 3 N–H and O–H groups in total. The van der Waals surface area contributed by atoms with Crippen molar-refractivity contribution in [2.45, 2.75) is 25.3 Å². The van der Waals surface area contributed by atoms with Crippen molar-refractivity contribution in [3.63, 3.8) is 0 Å². The van der Waals surface area contributed by atoms with E-state index < -0.39 is 23.8 Å². The van der Waals surface area contributed by atoms with Crippen LogP contribution in [-0.4, -0.2) is 29.6 Å². The highest BCUT2D eigenvalue weighted by Gasteiger charge is 2.37. The van der Waals surface area contributed by atoms with Crippen molar-refractivity contribution >= 4 is 17.6 Å². The lowest BCUT2D eigenvalue weighted by molar-refractivity contribution is -0.138. The lowest BCUT2D eigenvalue weighted by Gasteiger charge is -2.27. The third-order valence-electron chi connectivity index (χ3n) is 3.39. The fourth-order valence-electron chi connectivity index (χ4n) is 2.52. The molecule has 0 spiro atoms. The van der Waals surface area contributed by atoms with Gasteiger partial charge in [0.05, 0.1) is 0 Å². The van der Waals surface area contributed by atoms with Gasteiger partial charge in [-0.1, -0.05) is 25.1 Å². The lowest BCUT2D eigenvalue weighted by Crippen LogP contribution is -2.44. The summed E-state index contributed by atoms with van der Waals surface area (Å²) in [5.41, 5.74) is 6.93. The molecule has 5 heteroatoms. The Morgan fingerprint density at radius 3 is 2.72 bits per heavy atom. The number of nitrogens with zero attached hydrogens (tertiary/aromatic N) is 1. The standard InChI is InChI=1S/C13H16N2O3/c1-2-10(12(14)16)15-7-9(13(17)18)8-5-3-4-6-11(8)15/h3-6,9-10H,2,7H2,1H3,(H2,14,16)(H,17,18). The third kappa shape index (κ3) is 1.92. The number of carboxylic acid groups (broad SMARTS) is 1. The van der Waals surface area contributed by atoms with Crippen LogP contribution in [0.25, 0.3) is 0 Å². The Morgan fingerprint density at radius 2 is 2.17 bits per heavy atom. The normalized spacial score (nSPS) is 19.4. The van der Waals surface area contributed by atoms with Gasteiger partial charge in [-0.25, -0.2) is 0 Å². The number of para-hydroxylation sites is 1. The van der Waals surface area contributed by atoms with E-state index in [0.717, 1.165) is 11.3 Å². The first-order valence-corrected chi connectivity index (χ1v) is 5.94. The molecule has 1 aromatic rings. The highest BCUT2D eigenvalue weighted by molar-refractivity contribution is 5.88. The summed E-state index contributed by atoms with van der Waals surface area (Å²) in [5, 5.41) is 9.23. The molecule has 2 unspecified atom stereocenters. The Labute approximate surface area is 105 Å². The monoisotopic (exact) mass is 248 g/mol. The number of anilines is 1. The number of hydrogen-bond donors (Lipinski definition) is 2. The second-order valence-corrected chi connectivity index (χ2v) is 4.43. The van der Waals surface area contributed by atoms with E-state index in [1.807, 2.05) is 25.1 Å². The van der Waals surface area contributed by atoms with Gasteiger partial charge in [0.1, 0.15) is 12.0 Å². The van der Waals surface area contributed by atoms with Crippen molar-refractivity contribution < 1.29 is 14.7 Å². The average Bonchev–Trinajstić information content (AvgIpc) is 2.70. The summed E-state index contributed by atoms with van der Waals surface area (Å²) in [6.07, 6.45) is 0.565. The zero-order valence-corrected chi connectivity index (χ0v) is 10.2. The highest BCUT2D eigenvalue weighted by Crippen LogP contribution is 2.37. The Hall–Kier alpha value is -2.04. The quantitative estimate of drug-likeness (QED) is 0.830. The second kappa shape index (κ2) is 4.68. The molecule has 1 aliphatic rings. The maximum atomic E-state index is 11.4. The Kier molecular flexibility index (Phi) is 3.23. The molecule has 1 amide bonds. The molecule has 0 aromatic heterocycles. The van der Waals surface area contributed by atoms with Crippen LogP contribution in [0.2, 0.25) is 0 Å². The summed E-state index contributed by atoms with van der Waals surface area (Å²) in [4.78, 5) is 24.5. The largest absolute Gasteiger partial charge is 0.481 e. The molecule has 1 aliphatic heterocycles. The minimum atomic E-state index is -0.871. The maximum absolute atomic E-state index is 11.4. The van der Waals surface area contributed by atoms with Crippen molar-refractivity contribution in [2.24, 2.45) is 5.73 Å². The smallest absolute Gasteiger partial charge is 0.312 e. The molecule has 2 atom stereocenters. The average molecular weight is 248 g/mol. The number of carbonyl (C=O) groups is 2. The predicted octanol–water partition coefficient (Wildman–Crippen LogP) is 0.939. The summed E-state index contributed by atoms with van der Waals surface area (Å²) in [5.74, 6) is -1.88. The summed E-state index contributed by atoms with van der Waals surface area (Å²) < 4.78 is 0. The van der Waals surface area contributed by atoms with Crippen LogP contribution in [0.1, 0.15) is 24.8 Å². The van der Waals surface area contributed by atoms with Gasteiger partial charge in [-0.15, -0.1) is 0 Å². The van der Waals surface area contributed by atoms with Gasteiger partial charge in [0, 0.05) is 12.2 Å². The fourth-order valence-corrected chi connectivity index (χ4v) is 2.52. The van der Waals surface area contributed by atoms with E-state index in [-0.39, 0.29) is 0 Å². The number of nitrogens with two attached hydrogens (primary N) is 1. The van der Waals surface area contributed by atoms with Gasteiger partial charge in [-0.3, -0.25) is 9.59 Å². The maximum Gasteiger partial charge on any atom is 0.312 e. The number of aliphatic carboxylic acids is 1. The molecule has 0 fully saturated rings. The third-order valence-corrected chi connectivity index (χ3v) is 3.39. The van der Waals surface area contributed by atoms with Crippen LogP contribution in [0.5, 0.6) is 0 Å². The molecule has 2 rings (SSSR count). The van der Waals surface area contributed by atoms with Crippen LogP contribution >= 0.6 is 0 Å². The summed E-state index contributed by atoms with van der Waals surface area (Å²) in [7, 11) is 0. The van der Waals surface area contributed by atoms with Gasteiger partial charge < -0.3 is 15.7 Å². The lowest BCUT2D eigenvalue weighted by atomic mass is 10.0. The van der Waals surface area contributed by atoms with Crippen LogP contribution in [0, 0.1) is 0 Å². The van der Waals surface area contributed by atoms with E-state index in [0.29, 0.717) is 13.0 Å². The number of primary amides is 1. The molecule has 0 saturated heterocycles. The van der Waals surface area contributed by atoms with E-state index in [2.05, 4.69) is 0 Å². The molecule has 1 aromatic carbocycles. The summed E-state index contributed by atoms with van der Waals surface area (Å²) >= 11 is 0. The topological polar surface area (TPSA) is 83.6 Å². The molecule has 0 aliphatic carbocycles. The van der Waals surface area contributed by atoms with Crippen molar-refractivity contribution in [1.82, 2.24) is 0 Å². The summed E-state index contributed by atoms with van der Waals surface area (Å²) in [6.45, 7) is 2.17. The zero-order valence-electron chi connectivity index (χ0n) is 10.2. The molecule has 18 heavy (non-hydrogen) atoms. The first-order valence-electron chi connectivity index (χ1n) is 5.94. The number of fused-ring (bicyclic) bond motifs is 1. The van der Waals surface area contributed by atoms with E-state index >= 15 is 0 Å². The van der Waals surface area contributed by atoms with Crippen LogP contribution < -0.4 is 10.6 Å². The van der Waals surface area contributed by atoms with Crippen molar-refractivity contribution in [3.05, 3.63) is 29.8 Å². The van der Waals surface area contributed by atoms with Crippen LogP contribution in [0.15, 0.2) is 24.3 Å². The minimum Gasteiger partial charge on any atom is -0.481 e. The van der Waals surface area contributed by atoms with Crippen molar-refractivity contribution in [2.75, 3.05) is 11.4 Å². The Balaban J connectivity index is 2.42. The van der Waals surface area contributed by atoms with Crippen LogP contribution in [-0.2, 0) is 9.59 Å². The van der Waals surface area contributed by atoms with Crippen molar-refractivity contribution in [1.29, 1.82) is 0 Å². The van der Waals surface area contributed by atoms with Crippen molar-refractivity contribution in [3.8, 4) is 0 Å². The first-order chi connectivity index (χ1) is 8.56. The van der Waals surface area contributed by atoms with Gasteiger partial charge in [-0.2, -0.15) is 0 Å². The number of amides is 1. The van der Waals surface area contributed by atoms with E-state index in [9.17, 15) is 14.7 Å². The zero-order chi connectivity index (χ0) is 13.3. The number of carbonyl (C=O) groups excluding carboxylic acids is 1. The van der Waals surface area contributed by atoms with E-state index in [1.54, 1.807) is 11.0 Å². The number of hydrogen-bond acceptors (Lipinski definition) is 3. The molecule has 5 nitrogen and oxygen atoms in total. The second-order valence-electron chi connectivity index (χ2n) is 4.43. The van der Waals surface area contributed by atoms with Gasteiger partial charge in [0.2, 0.25) is 5.91 Å². The molecule has 0 bridgehead atoms. The Morgan fingerprint density at radius 1 is 1.50 bits per heavy atom. The fraction of sp³-hybridized carbons (Fsp3) is 0.385. The van der Waals surface area contributed by atoms with Crippen LogP contribution in [0.4, 0.5) is 5.69 Å². The molecule has 0 radical (unpaired) electrons. The number of benzene rings is 1. The number of rotatable bonds is 4.